The van der Waals surface area contributed by atoms with Gasteiger partial charge in [-0.25, -0.2) is 0 Å². The number of fused-ring (bicyclic) bond motifs is 1. The van der Waals surface area contributed by atoms with Crippen molar-refractivity contribution in [3.8, 4) is 0 Å². The van der Waals surface area contributed by atoms with Gasteiger partial charge in [0.1, 0.15) is 0 Å². The third-order valence-electron chi connectivity index (χ3n) is 2.62. The zero-order chi connectivity index (χ0) is 9.42. The zero-order valence-electron chi connectivity index (χ0n) is 7.20. The Hall–Kier alpha value is -0.570. The van der Waals surface area contributed by atoms with Crippen LogP contribution in [0.15, 0.2) is 18.2 Å². The molecule has 0 radical (unpaired) electrons. The molecule has 0 amide bonds. The average Bonchev–Trinajstić information content (AvgIpc) is 2.12. The summed E-state index contributed by atoms with van der Waals surface area (Å²) < 4.78 is 0. The topological polar surface area (TPSA) is 46.2 Å². The highest BCUT2D eigenvalue weighted by molar-refractivity contribution is 6.31. The second kappa shape index (κ2) is 3.29. The summed E-state index contributed by atoms with van der Waals surface area (Å²) in [6.07, 6.45) is 1.10. The molecule has 0 unspecified atom stereocenters. The lowest BCUT2D eigenvalue weighted by molar-refractivity contribution is 0.128. The molecule has 2 atom stereocenters. The number of nitrogens with two attached hydrogens (primary N) is 1. The molecule has 1 aromatic carbocycles. The molecule has 0 bridgehead atoms. The van der Waals surface area contributed by atoms with Crippen molar-refractivity contribution in [3.05, 3.63) is 34.3 Å². The minimum atomic E-state index is -0.425. The molecule has 1 aliphatic carbocycles. The second-order valence-corrected chi connectivity index (χ2v) is 3.85. The molecule has 70 valence electrons. The van der Waals surface area contributed by atoms with E-state index in [-0.39, 0.29) is 6.04 Å². The van der Waals surface area contributed by atoms with Crippen LogP contribution in [0.2, 0.25) is 5.02 Å². The van der Waals surface area contributed by atoms with Crippen molar-refractivity contribution in [1.29, 1.82) is 0 Å². The van der Waals surface area contributed by atoms with Crippen LogP contribution in [0.25, 0.3) is 0 Å². The van der Waals surface area contributed by atoms with Crippen molar-refractivity contribution in [2.45, 2.75) is 25.0 Å². The third kappa shape index (κ3) is 1.46. The van der Waals surface area contributed by atoms with Gasteiger partial charge >= 0.3 is 0 Å². The molecule has 1 aromatic rings. The van der Waals surface area contributed by atoms with E-state index in [4.69, 9.17) is 17.3 Å². The van der Waals surface area contributed by atoms with Crippen LogP contribution in [0.1, 0.15) is 23.6 Å². The Morgan fingerprint density at radius 3 is 3.00 bits per heavy atom. The predicted octanol–water partition coefficient (Wildman–Crippen LogP) is 1.65. The monoisotopic (exact) mass is 197 g/mol. The molecule has 0 fully saturated rings. The summed E-state index contributed by atoms with van der Waals surface area (Å²) in [4.78, 5) is 0. The minimum Gasteiger partial charge on any atom is -0.391 e. The van der Waals surface area contributed by atoms with Gasteiger partial charge in [-0.2, -0.15) is 0 Å². The smallest absolute Gasteiger partial charge is 0.0736 e. The fourth-order valence-electron chi connectivity index (χ4n) is 1.83. The minimum absolute atomic E-state index is 0.276. The molecule has 3 heteroatoms. The maximum Gasteiger partial charge on any atom is 0.0736 e. The summed E-state index contributed by atoms with van der Waals surface area (Å²) in [6.45, 7) is 0. The molecule has 0 saturated heterocycles. The van der Waals surface area contributed by atoms with E-state index in [1.165, 1.54) is 0 Å². The molecule has 0 heterocycles. The lowest BCUT2D eigenvalue weighted by atomic mass is 9.86. The van der Waals surface area contributed by atoms with E-state index in [1.54, 1.807) is 0 Å². The Balaban J connectivity index is 2.49. The van der Waals surface area contributed by atoms with Crippen molar-refractivity contribution in [2.24, 2.45) is 5.73 Å². The van der Waals surface area contributed by atoms with Gasteiger partial charge in [0.15, 0.2) is 0 Å². The number of hydrogen-bond donors (Lipinski definition) is 2. The van der Waals surface area contributed by atoms with Gasteiger partial charge in [0.05, 0.1) is 12.1 Å². The molecule has 2 rings (SSSR count). The standard InChI is InChI=1S/C10H12ClNO/c11-8-3-1-2-7-6(8)4-5-9(13)10(7)12/h1-3,9-10,13H,4-5,12H2/t9-,10-/m1/s1. The molecule has 0 spiro atoms. The first-order valence-electron chi connectivity index (χ1n) is 4.41. The SMILES string of the molecule is N[C@@H]1c2cccc(Cl)c2CC[C@H]1O. The van der Waals surface area contributed by atoms with Crippen LogP contribution in [0.5, 0.6) is 0 Å². The van der Waals surface area contributed by atoms with E-state index in [1.807, 2.05) is 18.2 Å². The first-order valence-corrected chi connectivity index (χ1v) is 4.79. The van der Waals surface area contributed by atoms with Crippen molar-refractivity contribution in [1.82, 2.24) is 0 Å². The van der Waals surface area contributed by atoms with Gasteiger partial charge in [0, 0.05) is 5.02 Å². The largest absolute Gasteiger partial charge is 0.391 e. The molecule has 0 saturated carbocycles. The summed E-state index contributed by atoms with van der Waals surface area (Å²) in [5.74, 6) is 0. The lowest BCUT2D eigenvalue weighted by Gasteiger charge is -2.27. The molecule has 0 aliphatic heterocycles. The number of hydrogen-bond acceptors (Lipinski definition) is 2. The number of aliphatic hydroxyl groups excluding tert-OH is 1. The van der Waals surface area contributed by atoms with E-state index in [2.05, 4.69) is 0 Å². The predicted molar refractivity (Wildman–Crippen MR) is 52.7 cm³/mol. The molecule has 1 aliphatic rings. The van der Waals surface area contributed by atoms with Gasteiger partial charge < -0.3 is 10.8 Å². The summed E-state index contributed by atoms with van der Waals surface area (Å²) in [5, 5.41) is 10.3. The van der Waals surface area contributed by atoms with Crippen molar-refractivity contribution >= 4 is 11.6 Å². The first-order chi connectivity index (χ1) is 6.20. The molecule has 0 aromatic heterocycles. The van der Waals surface area contributed by atoms with E-state index in [9.17, 15) is 5.11 Å². The quantitative estimate of drug-likeness (QED) is 0.665. The van der Waals surface area contributed by atoms with E-state index < -0.39 is 6.10 Å². The Labute approximate surface area is 82.3 Å². The van der Waals surface area contributed by atoms with Crippen LogP contribution in [-0.2, 0) is 6.42 Å². The molecule has 3 N–H and O–H groups in total. The summed E-state index contributed by atoms with van der Waals surface area (Å²) in [7, 11) is 0. The van der Waals surface area contributed by atoms with Crippen LogP contribution >= 0.6 is 11.6 Å². The fraction of sp³-hybridized carbons (Fsp3) is 0.400. The fourth-order valence-corrected chi connectivity index (χ4v) is 2.11. The zero-order valence-corrected chi connectivity index (χ0v) is 7.96. The lowest BCUT2D eigenvalue weighted by Crippen LogP contribution is -2.31. The molecule has 2 nitrogen and oxygen atoms in total. The highest BCUT2D eigenvalue weighted by atomic mass is 35.5. The third-order valence-corrected chi connectivity index (χ3v) is 2.97. The van der Waals surface area contributed by atoms with Crippen molar-refractivity contribution < 1.29 is 5.11 Å². The van der Waals surface area contributed by atoms with Gasteiger partial charge in [-0.3, -0.25) is 0 Å². The Bertz CT molecular complexity index is 327. The van der Waals surface area contributed by atoms with Crippen LogP contribution < -0.4 is 5.73 Å². The number of aliphatic hydroxyl groups is 1. The van der Waals surface area contributed by atoms with E-state index in [0.29, 0.717) is 6.42 Å². The average molecular weight is 198 g/mol. The highest BCUT2D eigenvalue weighted by Crippen LogP contribution is 2.32. The Kier molecular flexibility index (Phi) is 2.28. The molecule has 13 heavy (non-hydrogen) atoms. The van der Waals surface area contributed by atoms with Crippen molar-refractivity contribution in [2.75, 3.05) is 0 Å². The number of rotatable bonds is 0. The van der Waals surface area contributed by atoms with E-state index in [0.717, 1.165) is 22.6 Å². The molecular formula is C10H12ClNO. The normalized spacial score (nSPS) is 27.0. The van der Waals surface area contributed by atoms with Gasteiger partial charge in [0.25, 0.3) is 0 Å². The molecular weight excluding hydrogens is 186 g/mol. The van der Waals surface area contributed by atoms with Crippen LogP contribution in [0, 0.1) is 0 Å². The maximum absolute atomic E-state index is 9.55. The van der Waals surface area contributed by atoms with E-state index >= 15 is 0 Å². The van der Waals surface area contributed by atoms with Gasteiger partial charge in [-0.1, -0.05) is 23.7 Å². The summed E-state index contributed by atoms with van der Waals surface area (Å²) in [6, 6.07) is 5.40. The summed E-state index contributed by atoms with van der Waals surface area (Å²) >= 11 is 6.02. The Morgan fingerprint density at radius 1 is 1.46 bits per heavy atom. The number of benzene rings is 1. The van der Waals surface area contributed by atoms with Crippen LogP contribution in [-0.4, -0.2) is 11.2 Å². The second-order valence-electron chi connectivity index (χ2n) is 3.44. The van der Waals surface area contributed by atoms with Gasteiger partial charge in [-0.15, -0.1) is 0 Å². The van der Waals surface area contributed by atoms with Crippen LogP contribution in [0.3, 0.4) is 0 Å². The summed E-state index contributed by atoms with van der Waals surface area (Å²) in [5.41, 5.74) is 7.94. The van der Waals surface area contributed by atoms with Crippen LogP contribution in [0.4, 0.5) is 0 Å². The highest BCUT2D eigenvalue weighted by Gasteiger charge is 2.25. The number of halogens is 1. The van der Waals surface area contributed by atoms with Crippen molar-refractivity contribution in [3.63, 3.8) is 0 Å². The Morgan fingerprint density at radius 2 is 2.23 bits per heavy atom. The van der Waals surface area contributed by atoms with Gasteiger partial charge in [-0.05, 0) is 30.0 Å². The maximum atomic E-state index is 9.55. The first kappa shape index (κ1) is 9.00. The van der Waals surface area contributed by atoms with Gasteiger partial charge in [0.2, 0.25) is 0 Å².